The van der Waals surface area contributed by atoms with Crippen molar-refractivity contribution in [3.63, 3.8) is 0 Å². The van der Waals surface area contributed by atoms with Crippen LogP contribution >= 0.6 is 0 Å². The molecule has 1 amide bonds. The van der Waals surface area contributed by atoms with Crippen LogP contribution in [0.3, 0.4) is 0 Å². The van der Waals surface area contributed by atoms with Gasteiger partial charge in [0.2, 0.25) is 11.7 Å². The van der Waals surface area contributed by atoms with E-state index in [0.717, 1.165) is 13.3 Å². The normalized spacial score (nSPS) is 15.3. The number of hydrogen-bond donors (Lipinski definition) is 2. The molecule has 1 saturated heterocycles. The van der Waals surface area contributed by atoms with Gasteiger partial charge in [0.1, 0.15) is 11.6 Å². The number of alkyl halides is 2. The van der Waals surface area contributed by atoms with Crippen LogP contribution in [-0.4, -0.2) is 40.7 Å². The van der Waals surface area contributed by atoms with Crippen molar-refractivity contribution in [1.82, 2.24) is 15.0 Å². The van der Waals surface area contributed by atoms with E-state index >= 15 is 0 Å². The topological polar surface area (TPSA) is 98.3 Å². The molecule has 0 saturated carbocycles. The van der Waals surface area contributed by atoms with Gasteiger partial charge in [-0.15, -0.1) is 0 Å². The molecule has 2 aromatic heterocycles. The van der Waals surface area contributed by atoms with Gasteiger partial charge in [0.25, 0.3) is 0 Å². The van der Waals surface area contributed by atoms with Crippen molar-refractivity contribution >= 4 is 23.2 Å². The molecule has 0 atom stereocenters. The van der Waals surface area contributed by atoms with Crippen LogP contribution in [0.5, 0.6) is 5.75 Å². The van der Waals surface area contributed by atoms with E-state index < -0.39 is 11.7 Å². The van der Waals surface area contributed by atoms with E-state index in [-0.39, 0.29) is 17.1 Å². The number of pyridine rings is 1. The van der Waals surface area contributed by atoms with E-state index in [4.69, 9.17) is 9.47 Å². The average molecular weight is 421 g/mol. The van der Waals surface area contributed by atoms with Gasteiger partial charge in [0.15, 0.2) is 5.75 Å². The zero-order valence-electron chi connectivity index (χ0n) is 17.4. The Bertz CT molecular complexity index is 924. The Balaban J connectivity index is 1.90. The van der Waals surface area contributed by atoms with Crippen LogP contribution in [0.15, 0.2) is 18.3 Å². The third-order valence-corrected chi connectivity index (χ3v) is 4.78. The highest BCUT2D eigenvalue weighted by Crippen LogP contribution is 2.35. The number of anilines is 3. The summed E-state index contributed by atoms with van der Waals surface area (Å²) in [5.74, 6) is -3.17. The molecule has 10 heteroatoms. The van der Waals surface area contributed by atoms with E-state index in [0.29, 0.717) is 42.8 Å². The monoisotopic (exact) mass is 421 g/mol. The first-order valence-corrected chi connectivity index (χ1v) is 9.59. The highest BCUT2D eigenvalue weighted by Gasteiger charge is 2.38. The maximum absolute atomic E-state index is 13.7. The molecule has 0 spiro atoms. The minimum absolute atomic E-state index is 0.0590. The predicted molar refractivity (Wildman–Crippen MR) is 107 cm³/mol. The van der Waals surface area contributed by atoms with Crippen molar-refractivity contribution in [3.05, 3.63) is 29.8 Å². The molecule has 1 aliphatic heterocycles. The van der Waals surface area contributed by atoms with Crippen molar-refractivity contribution in [1.29, 1.82) is 0 Å². The lowest BCUT2D eigenvalue weighted by atomic mass is 9.84. The Morgan fingerprint density at radius 1 is 1.30 bits per heavy atom. The van der Waals surface area contributed by atoms with Crippen LogP contribution in [0, 0.1) is 12.3 Å². The van der Waals surface area contributed by atoms with Gasteiger partial charge in [-0.3, -0.25) is 4.79 Å². The lowest BCUT2D eigenvalue weighted by Crippen LogP contribution is -2.46. The van der Waals surface area contributed by atoms with Crippen LogP contribution in [0.25, 0.3) is 0 Å². The molecule has 0 radical (unpaired) electrons. The number of carbonyl (C=O) groups excluding carboxylic acids is 1. The van der Waals surface area contributed by atoms with Crippen molar-refractivity contribution in [2.45, 2.75) is 40.0 Å². The Morgan fingerprint density at radius 2 is 2.03 bits per heavy atom. The molecule has 162 valence electrons. The lowest BCUT2D eigenvalue weighted by molar-refractivity contribution is -0.133. The first-order chi connectivity index (χ1) is 14.1. The third-order valence-electron chi connectivity index (χ3n) is 4.78. The van der Waals surface area contributed by atoms with E-state index in [1.165, 1.54) is 13.1 Å². The van der Waals surface area contributed by atoms with Crippen LogP contribution < -0.4 is 15.4 Å². The van der Waals surface area contributed by atoms with Gasteiger partial charge in [-0.05, 0) is 13.3 Å². The molecule has 0 unspecified atom stereocenters. The summed E-state index contributed by atoms with van der Waals surface area (Å²) in [7, 11) is 0. The standard InChI is InChI=1S/C20H25F2N5O3/c1-5-20(9-29-10-20)11-30-15-8-23-16(25-13(3)28)7-14(15)26-17-6-12(2)24-18(27-17)19(4,21)22/h6-8H,5,9-11H2,1-4H3,(H2,23,24,25,26,27,28). The molecule has 1 aliphatic rings. The van der Waals surface area contributed by atoms with Gasteiger partial charge in [0, 0.05) is 31.7 Å². The summed E-state index contributed by atoms with van der Waals surface area (Å²) >= 11 is 0. The molecule has 2 aromatic rings. The van der Waals surface area contributed by atoms with Crippen molar-refractivity contribution in [2.75, 3.05) is 30.5 Å². The minimum Gasteiger partial charge on any atom is -0.489 e. The molecule has 0 bridgehead atoms. The highest BCUT2D eigenvalue weighted by atomic mass is 19.3. The van der Waals surface area contributed by atoms with Crippen molar-refractivity contribution in [2.24, 2.45) is 5.41 Å². The van der Waals surface area contributed by atoms with Gasteiger partial charge in [0.05, 0.1) is 37.1 Å². The van der Waals surface area contributed by atoms with Crippen LogP contribution in [0.2, 0.25) is 0 Å². The summed E-state index contributed by atoms with van der Waals surface area (Å²) in [6, 6.07) is 3.11. The Labute approximate surface area is 173 Å². The lowest BCUT2D eigenvalue weighted by Gasteiger charge is -2.40. The molecule has 0 aliphatic carbocycles. The first kappa shape index (κ1) is 21.8. The van der Waals surface area contributed by atoms with Gasteiger partial charge in [-0.2, -0.15) is 8.78 Å². The van der Waals surface area contributed by atoms with E-state index in [1.54, 1.807) is 19.1 Å². The third kappa shape index (κ3) is 5.18. The maximum atomic E-state index is 13.7. The molecule has 2 N–H and O–H groups in total. The summed E-state index contributed by atoms with van der Waals surface area (Å²) < 4.78 is 38.8. The number of aromatic nitrogens is 3. The summed E-state index contributed by atoms with van der Waals surface area (Å²) in [6.07, 6.45) is 2.37. The van der Waals surface area contributed by atoms with Gasteiger partial charge < -0.3 is 20.1 Å². The molecule has 3 heterocycles. The molecular formula is C20H25F2N5O3. The number of nitrogens with one attached hydrogen (secondary N) is 2. The largest absolute Gasteiger partial charge is 0.489 e. The molecule has 1 fully saturated rings. The van der Waals surface area contributed by atoms with Crippen molar-refractivity contribution < 1.29 is 23.0 Å². The molecular weight excluding hydrogens is 396 g/mol. The van der Waals surface area contributed by atoms with E-state index in [2.05, 4.69) is 32.5 Å². The van der Waals surface area contributed by atoms with Crippen molar-refractivity contribution in [3.8, 4) is 5.75 Å². The minimum atomic E-state index is -3.18. The molecule has 3 rings (SSSR count). The Kier molecular flexibility index (Phi) is 6.16. The second kappa shape index (κ2) is 8.47. The molecule has 30 heavy (non-hydrogen) atoms. The van der Waals surface area contributed by atoms with E-state index in [9.17, 15) is 13.6 Å². The highest BCUT2D eigenvalue weighted by molar-refractivity contribution is 5.88. The van der Waals surface area contributed by atoms with E-state index in [1.807, 2.05) is 0 Å². The van der Waals surface area contributed by atoms with Gasteiger partial charge >= 0.3 is 5.92 Å². The molecule has 0 aromatic carbocycles. The number of amides is 1. The zero-order valence-corrected chi connectivity index (χ0v) is 17.4. The predicted octanol–water partition coefficient (Wildman–Crippen LogP) is 3.80. The number of halogens is 2. The summed E-state index contributed by atoms with van der Waals surface area (Å²) in [4.78, 5) is 23.3. The van der Waals surface area contributed by atoms with Crippen LogP contribution in [0.4, 0.5) is 26.1 Å². The second-order valence-corrected chi connectivity index (χ2v) is 7.61. The van der Waals surface area contributed by atoms with Gasteiger partial charge in [-0.1, -0.05) is 6.92 Å². The Morgan fingerprint density at radius 3 is 2.60 bits per heavy atom. The zero-order chi connectivity index (χ0) is 21.9. The number of hydrogen-bond acceptors (Lipinski definition) is 7. The molecule has 8 nitrogen and oxygen atoms in total. The number of ether oxygens (including phenoxy) is 2. The quantitative estimate of drug-likeness (QED) is 0.669. The summed E-state index contributed by atoms with van der Waals surface area (Å²) in [5, 5.41) is 5.59. The SMILES string of the molecule is CCC1(COc2cnc(NC(C)=O)cc2Nc2cc(C)nc(C(C)(F)F)n2)COC1. The Hall–Kier alpha value is -2.88. The average Bonchev–Trinajstić information content (AvgIpc) is 2.61. The maximum Gasteiger partial charge on any atom is 0.303 e. The summed E-state index contributed by atoms with van der Waals surface area (Å²) in [6.45, 7) is 7.43. The first-order valence-electron chi connectivity index (χ1n) is 9.59. The van der Waals surface area contributed by atoms with Gasteiger partial charge in [-0.25, -0.2) is 15.0 Å². The number of rotatable bonds is 8. The van der Waals surface area contributed by atoms with Crippen LogP contribution in [0.1, 0.15) is 38.7 Å². The number of nitrogens with zero attached hydrogens (tertiary/aromatic N) is 3. The fraction of sp³-hybridized carbons (Fsp3) is 0.500. The summed E-state index contributed by atoms with van der Waals surface area (Å²) in [5.41, 5.74) is 0.763. The second-order valence-electron chi connectivity index (χ2n) is 7.61. The fourth-order valence-corrected chi connectivity index (χ4v) is 2.88. The number of aryl methyl sites for hydroxylation is 1. The van der Waals surface area contributed by atoms with Crippen LogP contribution in [-0.2, 0) is 15.5 Å². The fourth-order valence-electron chi connectivity index (χ4n) is 2.88. The smallest absolute Gasteiger partial charge is 0.303 e. The number of carbonyl (C=O) groups is 1.